The molecule has 2 heterocycles. The largest absolute Gasteiger partial charge is 0.375 e. The second-order valence-electron chi connectivity index (χ2n) is 5.67. The molecule has 2 aromatic rings. The van der Waals surface area contributed by atoms with Crippen molar-refractivity contribution in [2.75, 3.05) is 19.7 Å². The summed E-state index contributed by atoms with van der Waals surface area (Å²) in [4.78, 5) is 18.5. The molecule has 5 nitrogen and oxygen atoms in total. The maximum absolute atomic E-state index is 12.0. The van der Waals surface area contributed by atoms with Gasteiger partial charge in [-0.1, -0.05) is 30.3 Å². The van der Waals surface area contributed by atoms with Gasteiger partial charge in [-0.3, -0.25) is 9.69 Å². The molecule has 0 unspecified atom stereocenters. The lowest BCUT2D eigenvalue weighted by Gasteiger charge is -2.32. The van der Waals surface area contributed by atoms with Crippen LogP contribution in [0.25, 0.3) is 0 Å². The minimum Gasteiger partial charge on any atom is -0.375 e. The fourth-order valence-electron chi connectivity index (χ4n) is 2.68. The topological polar surface area (TPSA) is 54.5 Å². The van der Waals surface area contributed by atoms with Crippen molar-refractivity contribution < 1.29 is 9.53 Å². The number of thiazole rings is 1. The van der Waals surface area contributed by atoms with Crippen LogP contribution >= 0.6 is 11.3 Å². The Morgan fingerprint density at radius 1 is 1.39 bits per heavy atom. The SMILES string of the molecule is O=C(C[C@@H]1CN(Cc2ccccc2)CCO1)NCc1cscn1. The first-order valence-corrected chi connectivity index (χ1v) is 8.75. The van der Waals surface area contributed by atoms with Crippen molar-refractivity contribution in [1.29, 1.82) is 0 Å². The Balaban J connectivity index is 1.43. The molecule has 0 saturated carbocycles. The molecule has 1 fully saturated rings. The molecule has 1 saturated heterocycles. The van der Waals surface area contributed by atoms with E-state index in [1.165, 1.54) is 16.9 Å². The number of nitrogens with zero attached hydrogens (tertiary/aromatic N) is 2. The molecule has 3 rings (SSSR count). The van der Waals surface area contributed by atoms with E-state index in [9.17, 15) is 4.79 Å². The smallest absolute Gasteiger partial charge is 0.222 e. The molecule has 0 bridgehead atoms. The summed E-state index contributed by atoms with van der Waals surface area (Å²) in [5, 5.41) is 4.85. The van der Waals surface area contributed by atoms with Crippen LogP contribution in [-0.2, 0) is 22.6 Å². The first-order valence-electron chi connectivity index (χ1n) is 7.81. The Morgan fingerprint density at radius 3 is 3.04 bits per heavy atom. The zero-order chi connectivity index (χ0) is 15.9. The maximum Gasteiger partial charge on any atom is 0.222 e. The van der Waals surface area contributed by atoms with Crippen LogP contribution in [0.5, 0.6) is 0 Å². The van der Waals surface area contributed by atoms with Gasteiger partial charge >= 0.3 is 0 Å². The molecular weight excluding hydrogens is 310 g/mol. The number of amides is 1. The molecule has 122 valence electrons. The van der Waals surface area contributed by atoms with Crippen molar-refractivity contribution in [3.63, 3.8) is 0 Å². The number of aromatic nitrogens is 1. The summed E-state index contributed by atoms with van der Waals surface area (Å²) in [5.74, 6) is 0.0181. The van der Waals surface area contributed by atoms with Crippen LogP contribution in [0.1, 0.15) is 17.7 Å². The molecule has 0 radical (unpaired) electrons. The van der Waals surface area contributed by atoms with E-state index in [4.69, 9.17) is 4.74 Å². The number of hydrogen-bond acceptors (Lipinski definition) is 5. The number of hydrogen-bond donors (Lipinski definition) is 1. The summed E-state index contributed by atoms with van der Waals surface area (Å²) in [7, 11) is 0. The molecular formula is C17H21N3O2S. The van der Waals surface area contributed by atoms with Crippen molar-refractivity contribution in [2.24, 2.45) is 0 Å². The van der Waals surface area contributed by atoms with E-state index in [-0.39, 0.29) is 12.0 Å². The molecule has 1 aliphatic heterocycles. The summed E-state index contributed by atoms with van der Waals surface area (Å²) in [6.07, 6.45) is 0.359. The maximum atomic E-state index is 12.0. The number of nitrogens with one attached hydrogen (secondary N) is 1. The third kappa shape index (κ3) is 5.13. The van der Waals surface area contributed by atoms with Crippen molar-refractivity contribution in [3.05, 3.63) is 52.5 Å². The lowest BCUT2D eigenvalue weighted by atomic mass is 10.1. The van der Waals surface area contributed by atoms with Gasteiger partial charge in [0.15, 0.2) is 0 Å². The number of benzene rings is 1. The van der Waals surface area contributed by atoms with Gasteiger partial charge < -0.3 is 10.1 Å². The molecule has 1 aliphatic rings. The summed E-state index contributed by atoms with van der Waals surface area (Å²) < 4.78 is 5.74. The van der Waals surface area contributed by atoms with E-state index in [1.54, 1.807) is 5.51 Å². The molecule has 1 amide bonds. The minimum atomic E-state index is -0.0390. The van der Waals surface area contributed by atoms with Crippen LogP contribution in [-0.4, -0.2) is 41.6 Å². The van der Waals surface area contributed by atoms with Crippen molar-refractivity contribution in [3.8, 4) is 0 Å². The standard InChI is InChI=1S/C17H21N3O2S/c21-17(18-9-15-12-23-13-19-15)8-16-11-20(6-7-22-16)10-14-4-2-1-3-5-14/h1-5,12-13,16H,6-11H2,(H,18,21)/t16-/m1/s1. The van der Waals surface area contributed by atoms with Crippen molar-refractivity contribution in [2.45, 2.75) is 25.6 Å². The average Bonchev–Trinajstić information content (AvgIpc) is 3.08. The van der Waals surface area contributed by atoms with E-state index in [0.717, 1.165) is 25.3 Å². The fraction of sp³-hybridized carbons (Fsp3) is 0.412. The molecule has 1 atom stereocenters. The summed E-state index contributed by atoms with van der Waals surface area (Å²) in [5.41, 5.74) is 3.97. The normalized spacial score (nSPS) is 18.7. The highest BCUT2D eigenvalue weighted by molar-refractivity contribution is 7.07. The lowest BCUT2D eigenvalue weighted by Crippen LogP contribution is -2.44. The van der Waals surface area contributed by atoms with Gasteiger partial charge in [-0.05, 0) is 5.56 Å². The Labute approximate surface area is 140 Å². The van der Waals surface area contributed by atoms with Gasteiger partial charge in [0.2, 0.25) is 5.91 Å². The Kier molecular flexibility index (Phi) is 5.74. The van der Waals surface area contributed by atoms with E-state index < -0.39 is 0 Å². The zero-order valence-electron chi connectivity index (χ0n) is 13.0. The third-order valence-electron chi connectivity index (χ3n) is 3.84. The van der Waals surface area contributed by atoms with Gasteiger partial charge in [0, 0.05) is 25.0 Å². The highest BCUT2D eigenvalue weighted by Crippen LogP contribution is 2.12. The van der Waals surface area contributed by atoms with Crippen LogP contribution in [0.4, 0.5) is 0 Å². The van der Waals surface area contributed by atoms with Crippen LogP contribution in [0.2, 0.25) is 0 Å². The minimum absolute atomic E-state index is 0.0181. The number of carbonyl (C=O) groups excluding carboxylic acids is 1. The van der Waals surface area contributed by atoms with E-state index >= 15 is 0 Å². The van der Waals surface area contributed by atoms with Gasteiger partial charge in [0.05, 0.1) is 36.9 Å². The van der Waals surface area contributed by atoms with Crippen molar-refractivity contribution >= 4 is 17.2 Å². The molecule has 1 aromatic heterocycles. The van der Waals surface area contributed by atoms with Crippen molar-refractivity contribution in [1.82, 2.24) is 15.2 Å². The van der Waals surface area contributed by atoms with Crippen LogP contribution in [0.3, 0.4) is 0 Å². The molecule has 0 spiro atoms. The second-order valence-corrected chi connectivity index (χ2v) is 6.39. The predicted molar refractivity (Wildman–Crippen MR) is 90.0 cm³/mol. The monoisotopic (exact) mass is 331 g/mol. The van der Waals surface area contributed by atoms with Crippen LogP contribution in [0.15, 0.2) is 41.2 Å². The summed E-state index contributed by atoms with van der Waals surface area (Å²) in [6, 6.07) is 10.4. The number of carbonyl (C=O) groups is 1. The van der Waals surface area contributed by atoms with Gasteiger partial charge in [0.1, 0.15) is 0 Å². The Hall–Kier alpha value is -1.76. The number of ether oxygens (including phenoxy) is 1. The van der Waals surface area contributed by atoms with Crippen LogP contribution < -0.4 is 5.32 Å². The zero-order valence-corrected chi connectivity index (χ0v) is 13.8. The number of morpholine rings is 1. The molecule has 1 aromatic carbocycles. The Morgan fingerprint density at radius 2 is 2.26 bits per heavy atom. The van der Waals surface area contributed by atoms with Gasteiger partial charge in [-0.25, -0.2) is 4.98 Å². The van der Waals surface area contributed by atoms with E-state index in [2.05, 4.69) is 39.5 Å². The molecule has 1 N–H and O–H groups in total. The Bertz CT molecular complexity index is 604. The first-order chi connectivity index (χ1) is 11.3. The first kappa shape index (κ1) is 16.1. The third-order valence-corrected chi connectivity index (χ3v) is 4.47. The molecule has 0 aliphatic carbocycles. The molecule has 23 heavy (non-hydrogen) atoms. The summed E-state index contributed by atoms with van der Waals surface area (Å²) in [6.45, 7) is 3.77. The lowest BCUT2D eigenvalue weighted by molar-refractivity contribution is -0.126. The van der Waals surface area contributed by atoms with Gasteiger partial charge in [0.25, 0.3) is 0 Å². The predicted octanol–water partition coefficient (Wildman–Crippen LogP) is 2.05. The van der Waals surface area contributed by atoms with E-state index in [1.807, 2.05) is 11.4 Å². The fourth-order valence-corrected chi connectivity index (χ4v) is 3.24. The number of rotatable bonds is 6. The van der Waals surface area contributed by atoms with Gasteiger partial charge in [-0.2, -0.15) is 0 Å². The summed E-state index contributed by atoms with van der Waals surface area (Å²) >= 11 is 1.53. The highest BCUT2D eigenvalue weighted by Gasteiger charge is 2.22. The second kappa shape index (κ2) is 8.19. The molecule has 6 heteroatoms. The van der Waals surface area contributed by atoms with Crippen LogP contribution in [0, 0.1) is 0 Å². The quantitative estimate of drug-likeness (QED) is 0.880. The average molecular weight is 331 g/mol. The van der Waals surface area contributed by atoms with Gasteiger partial charge in [-0.15, -0.1) is 11.3 Å². The highest BCUT2D eigenvalue weighted by atomic mass is 32.1. The van der Waals surface area contributed by atoms with E-state index in [0.29, 0.717) is 19.6 Å².